The summed E-state index contributed by atoms with van der Waals surface area (Å²) in [6, 6.07) is 0. The number of hydrogen-bond donors (Lipinski definition) is 1. The van der Waals surface area contributed by atoms with E-state index in [1.54, 1.807) is 0 Å². The summed E-state index contributed by atoms with van der Waals surface area (Å²) in [5, 5.41) is 3.29. The average Bonchev–Trinajstić information content (AvgIpc) is 2.01. The van der Waals surface area contributed by atoms with E-state index in [-0.39, 0.29) is 0 Å². The van der Waals surface area contributed by atoms with Gasteiger partial charge >= 0.3 is 0 Å². The number of rotatable bonds is 6. The van der Waals surface area contributed by atoms with E-state index in [4.69, 9.17) is 0 Å². The minimum atomic E-state index is 0.831. The van der Waals surface area contributed by atoms with Gasteiger partial charge in [0.25, 0.3) is 0 Å². The van der Waals surface area contributed by atoms with Crippen LogP contribution in [0.4, 0.5) is 0 Å². The zero-order valence-electron chi connectivity index (χ0n) is 9.35. The summed E-state index contributed by atoms with van der Waals surface area (Å²) in [6.07, 6.45) is 2.66. The van der Waals surface area contributed by atoms with Crippen LogP contribution in [0.3, 0.4) is 0 Å². The fourth-order valence-electron chi connectivity index (χ4n) is 1.72. The first-order valence-electron chi connectivity index (χ1n) is 5.26. The highest BCUT2D eigenvalue weighted by Gasteiger charge is 2.15. The molecule has 0 saturated heterocycles. The van der Waals surface area contributed by atoms with Gasteiger partial charge in [0.05, 0.1) is 0 Å². The zero-order chi connectivity index (χ0) is 9.56. The lowest BCUT2D eigenvalue weighted by Crippen LogP contribution is -2.25. The van der Waals surface area contributed by atoms with E-state index in [2.05, 4.69) is 40.1 Å². The van der Waals surface area contributed by atoms with Gasteiger partial charge in [-0.25, -0.2) is 0 Å². The average molecular weight is 171 g/mol. The molecule has 74 valence electrons. The Labute approximate surface area is 77.9 Å². The van der Waals surface area contributed by atoms with E-state index in [0.717, 1.165) is 17.8 Å². The number of hydrogen-bond acceptors (Lipinski definition) is 1. The predicted molar refractivity (Wildman–Crippen MR) is 56.3 cm³/mol. The van der Waals surface area contributed by atoms with Crippen molar-refractivity contribution in [2.75, 3.05) is 13.6 Å². The maximum absolute atomic E-state index is 3.29. The molecule has 1 N–H and O–H groups in total. The summed E-state index contributed by atoms with van der Waals surface area (Å²) in [6.45, 7) is 10.4. The lowest BCUT2D eigenvalue weighted by Gasteiger charge is -2.24. The van der Waals surface area contributed by atoms with Crippen LogP contribution in [0.2, 0.25) is 0 Å². The third kappa shape index (κ3) is 4.76. The molecular weight excluding hydrogens is 146 g/mol. The second kappa shape index (κ2) is 6.47. The highest BCUT2D eigenvalue weighted by atomic mass is 14.8. The van der Waals surface area contributed by atoms with Gasteiger partial charge in [0.15, 0.2) is 0 Å². The summed E-state index contributed by atoms with van der Waals surface area (Å²) < 4.78 is 0. The van der Waals surface area contributed by atoms with E-state index in [9.17, 15) is 0 Å². The predicted octanol–water partition coefficient (Wildman–Crippen LogP) is 2.91. The molecule has 0 aromatic heterocycles. The van der Waals surface area contributed by atoms with Gasteiger partial charge in [-0.3, -0.25) is 0 Å². The van der Waals surface area contributed by atoms with Crippen molar-refractivity contribution in [3.8, 4) is 0 Å². The quantitative estimate of drug-likeness (QED) is 0.648. The Morgan fingerprint density at radius 2 is 1.75 bits per heavy atom. The van der Waals surface area contributed by atoms with Crippen LogP contribution in [-0.4, -0.2) is 13.6 Å². The van der Waals surface area contributed by atoms with Crippen molar-refractivity contribution in [1.29, 1.82) is 0 Å². The largest absolute Gasteiger partial charge is 0.319 e. The third-order valence-corrected chi connectivity index (χ3v) is 2.69. The summed E-state index contributed by atoms with van der Waals surface area (Å²) in [4.78, 5) is 0. The highest BCUT2D eigenvalue weighted by molar-refractivity contribution is 4.68. The molecule has 2 atom stereocenters. The Morgan fingerprint density at radius 3 is 2.08 bits per heavy atom. The smallest absolute Gasteiger partial charge is 0.00209 e. The van der Waals surface area contributed by atoms with Gasteiger partial charge in [0.2, 0.25) is 0 Å². The molecule has 0 spiro atoms. The van der Waals surface area contributed by atoms with Crippen LogP contribution in [0.25, 0.3) is 0 Å². The molecule has 0 rings (SSSR count). The lowest BCUT2D eigenvalue weighted by molar-refractivity contribution is 0.286. The minimum Gasteiger partial charge on any atom is -0.319 e. The molecule has 0 aliphatic heterocycles. The highest BCUT2D eigenvalue weighted by Crippen LogP contribution is 2.21. The van der Waals surface area contributed by atoms with Crippen molar-refractivity contribution in [1.82, 2.24) is 5.32 Å². The Morgan fingerprint density at radius 1 is 1.17 bits per heavy atom. The Balaban J connectivity index is 3.84. The third-order valence-electron chi connectivity index (χ3n) is 2.69. The fourth-order valence-corrected chi connectivity index (χ4v) is 1.72. The zero-order valence-corrected chi connectivity index (χ0v) is 9.35. The Bertz CT molecular complexity index is 99.2. The second-order valence-corrected chi connectivity index (χ2v) is 4.33. The first-order chi connectivity index (χ1) is 5.61. The molecule has 0 amide bonds. The minimum absolute atomic E-state index is 0.831. The van der Waals surface area contributed by atoms with Crippen LogP contribution in [0.5, 0.6) is 0 Å². The molecule has 0 aliphatic rings. The van der Waals surface area contributed by atoms with E-state index in [0.29, 0.717) is 0 Å². The molecule has 2 unspecified atom stereocenters. The van der Waals surface area contributed by atoms with Crippen molar-refractivity contribution < 1.29 is 0 Å². The molecule has 1 nitrogen and oxygen atoms in total. The molecule has 0 aromatic rings. The first-order valence-corrected chi connectivity index (χ1v) is 5.26. The first kappa shape index (κ1) is 12.0. The van der Waals surface area contributed by atoms with E-state index < -0.39 is 0 Å². The second-order valence-electron chi connectivity index (χ2n) is 4.33. The van der Waals surface area contributed by atoms with Gasteiger partial charge < -0.3 is 5.32 Å². The standard InChI is InChI=1S/C11H25N/c1-6-10(4)11(8-12-5)7-9(2)3/h9-12H,6-8H2,1-5H3. The van der Waals surface area contributed by atoms with Crippen LogP contribution in [-0.2, 0) is 0 Å². The van der Waals surface area contributed by atoms with Gasteiger partial charge in [-0.15, -0.1) is 0 Å². The maximum Gasteiger partial charge on any atom is -0.00209 e. The normalized spacial score (nSPS) is 16.5. The van der Waals surface area contributed by atoms with Crippen LogP contribution in [0.15, 0.2) is 0 Å². The van der Waals surface area contributed by atoms with Gasteiger partial charge in [-0.05, 0) is 37.8 Å². The van der Waals surface area contributed by atoms with Crippen LogP contribution in [0.1, 0.15) is 40.5 Å². The monoisotopic (exact) mass is 171 g/mol. The van der Waals surface area contributed by atoms with E-state index >= 15 is 0 Å². The molecule has 0 aliphatic carbocycles. The summed E-state index contributed by atoms with van der Waals surface area (Å²) in [5.74, 6) is 2.55. The maximum atomic E-state index is 3.29. The van der Waals surface area contributed by atoms with Gasteiger partial charge in [0, 0.05) is 0 Å². The van der Waals surface area contributed by atoms with Gasteiger partial charge in [-0.2, -0.15) is 0 Å². The molecule has 0 radical (unpaired) electrons. The molecule has 12 heavy (non-hydrogen) atoms. The van der Waals surface area contributed by atoms with Crippen LogP contribution < -0.4 is 5.32 Å². The van der Waals surface area contributed by atoms with Gasteiger partial charge in [-0.1, -0.05) is 34.1 Å². The lowest BCUT2D eigenvalue weighted by atomic mass is 9.85. The Hall–Kier alpha value is -0.0400. The van der Waals surface area contributed by atoms with Gasteiger partial charge in [0.1, 0.15) is 0 Å². The SMILES string of the molecule is CCC(C)C(CNC)CC(C)C. The van der Waals surface area contributed by atoms with Crippen LogP contribution >= 0.6 is 0 Å². The van der Waals surface area contributed by atoms with Crippen molar-refractivity contribution in [2.45, 2.75) is 40.5 Å². The summed E-state index contributed by atoms with van der Waals surface area (Å²) >= 11 is 0. The van der Waals surface area contributed by atoms with E-state index in [1.807, 2.05) is 0 Å². The molecule has 0 fully saturated rings. The summed E-state index contributed by atoms with van der Waals surface area (Å²) in [5.41, 5.74) is 0. The molecule has 0 aromatic carbocycles. The van der Waals surface area contributed by atoms with Crippen molar-refractivity contribution in [2.24, 2.45) is 17.8 Å². The molecule has 0 saturated carbocycles. The molecule has 1 heteroatoms. The molecule has 0 heterocycles. The fraction of sp³-hybridized carbons (Fsp3) is 1.00. The topological polar surface area (TPSA) is 12.0 Å². The summed E-state index contributed by atoms with van der Waals surface area (Å²) in [7, 11) is 2.05. The Kier molecular flexibility index (Phi) is 6.45. The molecule has 0 bridgehead atoms. The van der Waals surface area contributed by atoms with Crippen molar-refractivity contribution in [3.05, 3.63) is 0 Å². The van der Waals surface area contributed by atoms with Crippen molar-refractivity contribution >= 4 is 0 Å². The van der Waals surface area contributed by atoms with Crippen molar-refractivity contribution in [3.63, 3.8) is 0 Å². The van der Waals surface area contributed by atoms with E-state index in [1.165, 1.54) is 19.4 Å². The van der Waals surface area contributed by atoms with Crippen LogP contribution in [0, 0.1) is 17.8 Å². The molecular formula is C11H25N. The number of nitrogens with one attached hydrogen (secondary N) is 1.